The number of alkyl halides is 3. The van der Waals surface area contributed by atoms with Crippen molar-refractivity contribution in [3.63, 3.8) is 0 Å². The molecule has 0 atom stereocenters. The second-order valence-corrected chi connectivity index (χ2v) is 4.96. The van der Waals surface area contributed by atoms with Crippen LogP contribution >= 0.6 is 0 Å². The minimum atomic E-state index is -4.73. The average molecular weight is 310 g/mol. The number of hydrogen-bond acceptors (Lipinski definition) is 2. The van der Waals surface area contributed by atoms with Gasteiger partial charge in [-0.05, 0) is 56.2 Å². The Morgan fingerprint density at radius 3 is 2.32 bits per heavy atom. The molecule has 0 aromatic heterocycles. The standard InChI is InChI=1S/C17H17F3O2/c1-4-21-13-7-6-12(3)14(10-13)15-9-11(2)5-8-16(15)22-17(18,19)20/h5-10H,4H2,1-3H3. The van der Waals surface area contributed by atoms with Crippen LogP contribution in [0.3, 0.4) is 0 Å². The van der Waals surface area contributed by atoms with Crippen molar-refractivity contribution in [3.05, 3.63) is 47.5 Å². The lowest BCUT2D eigenvalue weighted by molar-refractivity contribution is -0.274. The third kappa shape index (κ3) is 3.93. The molecule has 2 aromatic carbocycles. The molecule has 0 heterocycles. The number of ether oxygens (including phenoxy) is 2. The highest BCUT2D eigenvalue weighted by atomic mass is 19.4. The quantitative estimate of drug-likeness (QED) is 0.766. The van der Waals surface area contributed by atoms with Crippen molar-refractivity contribution in [2.45, 2.75) is 27.1 Å². The molecular weight excluding hydrogens is 293 g/mol. The molecule has 0 aliphatic heterocycles. The van der Waals surface area contributed by atoms with E-state index in [1.54, 1.807) is 24.3 Å². The van der Waals surface area contributed by atoms with E-state index in [1.807, 2.05) is 26.8 Å². The largest absolute Gasteiger partial charge is 0.573 e. The van der Waals surface area contributed by atoms with E-state index < -0.39 is 6.36 Å². The minimum Gasteiger partial charge on any atom is -0.494 e. The van der Waals surface area contributed by atoms with E-state index in [4.69, 9.17) is 4.74 Å². The van der Waals surface area contributed by atoms with Crippen LogP contribution in [0.5, 0.6) is 11.5 Å². The maximum Gasteiger partial charge on any atom is 0.573 e. The third-order valence-electron chi connectivity index (χ3n) is 3.17. The van der Waals surface area contributed by atoms with Gasteiger partial charge in [-0.3, -0.25) is 0 Å². The van der Waals surface area contributed by atoms with E-state index in [1.165, 1.54) is 6.07 Å². The maximum atomic E-state index is 12.6. The molecule has 0 aliphatic carbocycles. The summed E-state index contributed by atoms with van der Waals surface area (Å²) in [4.78, 5) is 0. The highest BCUT2D eigenvalue weighted by Crippen LogP contribution is 2.37. The predicted molar refractivity (Wildman–Crippen MR) is 79.2 cm³/mol. The molecule has 22 heavy (non-hydrogen) atoms. The first-order chi connectivity index (χ1) is 10.3. The molecule has 5 heteroatoms. The molecule has 0 aliphatic rings. The molecule has 0 unspecified atom stereocenters. The van der Waals surface area contributed by atoms with Crippen LogP contribution in [0, 0.1) is 13.8 Å². The molecule has 118 valence electrons. The second-order valence-electron chi connectivity index (χ2n) is 4.96. The Kier molecular flexibility index (Phi) is 4.64. The molecule has 2 aromatic rings. The summed E-state index contributed by atoms with van der Waals surface area (Å²) in [5.41, 5.74) is 2.76. The van der Waals surface area contributed by atoms with Crippen molar-refractivity contribution in [2.24, 2.45) is 0 Å². The van der Waals surface area contributed by atoms with Crippen LogP contribution in [-0.4, -0.2) is 13.0 Å². The summed E-state index contributed by atoms with van der Waals surface area (Å²) in [7, 11) is 0. The summed E-state index contributed by atoms with van der Waals surface area (Å²) in [5, 5.41) is 0. The summed E-state index contributed by atoms with van der Waals surface area (Å²) in [5.74, 6) is 0.400. The van der Waals surface area contributed by atoms with Gasteiger partial charge < -0.3 is 9.47 Å². The molecule has 0 saturated carbocycles. The zero-order valence-electron chi connectivity index (χ0n) is 12.6. The fourth-order valence-corrected chi connectivity index (χ4v) is 2.22. The van der Waals surface area contributed by atoms with Crippen LogP contribution < -0.4 is 9.47 Å². The van der Waals surface area contributed by atoms with E-state index in [0.717, 1.165) is 11.1 Å². The van der Waals surface area contributed by atoms with Gasteiger partial charge in [0.1, 0.15) is 11.5 Å². The average Bonchev–Trinajstić information content (AvgIpc) is 2.42. The summed E-state index contributed by atoms with van der Waals surface area (Å²) >= 11 is 0. The predicted octanol–water partition coefficient (Wildman–Crippen LogP) is 5.27. The molecule has 0 amide bonds. The van der Waals surface area contributed by atoms with Gasteiger partial charge in [0.05, 0.1) is 6.61 Å². The van der Waals surface area contributed by atoms with E-state index in [0.29, 0.717) is 23.5 Å². The molecule has 0 fully saturated rings. The van der Waals surface area contributed by atoms with Crippen LogP contribution in [0.4, 0.5) is 13.2 Å². The zero-order valence-corrected chi connectivity index (χ0v) is 12.6. The topological polar surface area (TPSA) is 18.5 Å². The van der Waals surface area contributed by atoms with Gasteiger partial charge in [-0.25, -0.2) is 0 Å². The third-order valence-corrected chi connectivity index (χ3v) is 3.17. The SMILES string of the molecule is CCOc1ccc(C)c(-c2cc(C)ccc2OC(F)(F)F)c1. The van der Waals surface area contributed by atoms with Gasteiger partial charge in [-0.2, -0.15) is 0 Å². The first-order valence-corrected chi connectivity index (χ1v) is 6.90. The van der Waals surface area contributed by atoms with Crippen LogP contribution in [0.15, 0.2) is 36.4 Å². The van der Waals surface area contributed by atoms with E-state index in [-0.39, 0.29) is 5.75 Å². The van der Waals surface area contributed by atoms with Crippen LogP contribution in [0.25, 0.3) is 11.1 Å². The minimum absolute atomic E-state index is 0.213. The lowest BCUT2D eigenvalue weighted by Gasteiger charge is -2.16. The first kappa shape index (κ1) is 16.2. The van der Waals surface area contributed by atoms with Gasteiger partial charge in [0.15, 0.2) is 0 Å². The van der Waals surface area contributed by atoms with Crippen LogP contribution in [0.1, 0.15) is 18.1 Å². The van der Waals surface area contributed by atoms with E-state index >= 15 is 0 Å². The Bertz CT molecular complexity index is 663. The fourth-order valence-electron chi connectivity index (χ4n) is 2.22. The van der Waals surface area contributed by atoms with Gasteiger partial charge in [0.2, 0.25) is 0 Å². The molecule has 0 bridgehead atoms. The Balaban J connectivity index is 2.55. The summed E-state index contributed by atoms with van der Waals surface area (Å²) in [6, 6.07) is 9.95. The smallest absolute Gasteiger partial charge is 0.494 e. The molecule has 0 N–H and O–H groups in total. The van der Waals surface area contributed by atoms with Crippen molar-refractivity contribution < 1.29 is 22.6 Å². The highest BCUT2D eigenvalue weighted by molar-refractivity contribution is 5.75. The Morgan fingerprint density at radius 2 is 1.68 bits per heavy atom. The maximum absolute atomic E-state index is 12.6. The number of hydrogen-bond donors (Lipinski definition) is 0. The zero-order chi connectivity index (χ0) is 16.3. The first-order valence-electron chi connectivity index (χ1n) is 6.90. The van der Waals surface area contributed by atoms with Crippen LogP contribution in [-0.2, 0) is 0 Å². The lowest BCUT2D eigenvalue weighted by Crippen LogP contribution is -2.17. The summed E-state index contributed by atoms with van der Waals surface area (Å²) in [6.45, 7) is 6.00. The van der Waals surface area contributed by atoms with Crippen molar-refractivity contribution in [1.82, 2.24) is 0 Å². The van der Waals surface area contributed by atoms with Crippen molar-refractivity contribution in [3.8, 4) is 22.6 Å². The van der Waals surface area contributed by atoms with Gasteiger partial charge in [-0.1, -0.05) is 17.7 Å². The molecular formula is C17H17F3O2. The van der Waals surface area contributed by atoms with Gasteiger partial charge in [0.25, 0.3) is 0 Å². The Hall–Kier alpha value is -2.17. The fraction of sp³-hybridized carbons (Fsp3) is 0.294. The Morgan fingerprint density at radius 1 is 0.955 bits per heavy atom. The summed E-state index contributed by atoms with van der Waals surface area (Å²) in [6.07, 6.45) is -4.73. The Labute approximate surface area is 127 Å². The number of halogens is 3. The molecule has 0 spiro atoms. The van der Waals surface area contributed by atoms with E-state index in [9.17, 15) is 13.2 Å². The van der Waals surface area contributed by atoms with E-state index in [2.05, 4.69) is 4.74 Å². The van der Waals surface area contributed by atoms with Gasteiger partial charge >= 0.3 is 6.36 Å². The number of rotatable bonds is 4. The van der Waals surface area contributed by atoms with Crippen molar-refractivity contribution >= 4 is 0 Å². The molecule has 2 nitrogen and oxygen atoms in total. The van der Waals surface area contributed by atoms with Crippen LogP contribution in [0.2, 0.25) is 0 Å². The summed E-state index contributed by atoms with van der Waals surface area (Å²) < 4.78 is 47.4. The molecule has 0 saturated heterocycles. The van der Waals surface area contributed by atoms with Crippen molar-refractivity contribution in [1.29, 1.82) is 0 Å². The highest BCUT2D eigenvalue weighted by Gasteiger charge is 2.32. The van der Waals surface area contributed by atoms with Gasteiger partial charge in [0, 0.05) is 5.56 Å². The molecule has 0 radical (unpaired) electrons. The normalized spacial score (nSPS) is 11.4. The monoisotopic (exact) mass is 310 g/mol. The van der Waals surface area contributed by atoms with Gasteiger partial charge in [-0.15, -0.1) is 13.2 Å². The number of benzene rings is 2. The second kappa shape index (κ2) is 6.30. The van der Waals surface area contributed by atoms with Crippen molar-refractivity contribution in [2.75, 3.05) is 6.61 Å². The lowest BCUT2D eigenvalue weighted by atomic mass is 9.98. The number of aryl methyl sites for hydroxylation is 2. The molecule has 2 rings (SSSR count).